The minimum atomic E-state index is -0.0697. The van der Waals surface area contributed by atoms with Gasteiger partial charge < -0.3 is 15.5 Å². The van der Waals surface area contributed by atoms with Crippen LogP contribution in [-0.4, -0.2) is 57.5 Å². The Kier molecular flexibility index (Phi) is 5.63. The number of carbonyl (C=O) groups excluding carboxylic acids is 2. The molecule has 3 heterocycles. The zero-order valence-electron chi connectivity index (χ0n) is 16.5. The summed E-state index contributed by atoms with van der Waals surface area (Å²) in [5.74, 6) is 0.379. The average Bonchev–Trinajstić information content (AvgIpc) is 3.04. The maximum Gasteiger partial charge on any atom is 0.224 e. The molecule has 9 heteroatoms. The van der Waals surface area contributed by atoms with Gasteiger partial charge in [-0.25, -0.2) is 9.50 Å². The number of likely N-dealkylation sites (tertiary alicyclic amines) is 1. The van der Waals surface area contributed by atoms with E-state index >= 15 is 0 Å². The average molecular weight is 405 g/mol. The molecule has 4 rings (SSSR count). The number of aromatic nitrogens is 3. The van der Waals surface area contributed by atoms with Crippen molar-refractivity contribution in [1.29, 1.82) is 0 Å². The fourth-order valence-electron chi connectivity index (χ4n) is 3.99. The van der Waals surface area contributed by atoms with Crippen molar-refractivity contribution in [3.8, 4) is 0 Å². The topological polar surface area (TPSA) is 91.6 Å². The Labute approximate surface area is 168 Å². The minimum Gasteiger partial charge on any atom is -0.352 e. The first-order valence-electron chi connectivity index (χ1n) is 10.1. The number of hydrogen-bond acceptors (Lipinski definition) is 6. The molecule has 2 aliphatic rings. The molecule has 2 aromatic heterocycles. The number of hydrogen-bond donors (Lipinski definition) is 2. The van der Waals surface area contributed by atoms with Gasteiger partial charge in [-0.05, 0) is 39.7 Å². The third-order valence-corrected chi connectivity index (χ3v) is 6.60. The Bertz CT molecular complexity index is 826. The van der Waals surface area contributed by atoms with Gasteiger partial charge in [-0.1, -0.05) is 17.8 Å². The molecule has 2 amide bonds. The predicted molar refractivity (Wildman–Crippen MR) is 107 cm³/mol. The molecule has 28 heavy (non-hydrogen) atoms. The number of rotatable bonds is 5. The predicted octanol–water partition coefficient (Wildman–Crippen LogP) is 1.34. The van der Waals surface area contributed by atoms with Crippen LogP contribution in [0.15, 0.2) is 6.20 Å². The SMILES string of the molecule is Cc1nn2cc(CNC(=O)[C@@H]3CC[C@H](NC(=O)C4CCC4)CN(C)C3)nc2s1. The standard InChI is InChI=1S/C19H28N6O2S/c1-12-23-25-11-16(22-19(25)28-12)8-20-17(26)14-6-7-15(10-24(2)9-14)21-18(27)13-4-3-5-13/h11,13-15H,3-10H2,1-2H3,(H,20,26)(H,21,27)/t14-,15+/m1/s1. The second-order valence-corrected chi connectivity index (χ2v) is 9.29. The number of fused-ring (bicyclic) bond motifs is 1. The van der Waals surface area contributed by atoms with E-state index in [1.807, 2.05) is 20.2 Å². The zero-order valence-corrected chi connectivity index (χ0v) is 17.3. The monoisotopic (exact) mass is 404 g/mol. The molecule has 2 aromatic rings. The molecule has 8 nitrogen and oxygen atoms in total. The molecule has 0 radical (unpaired) electrons. The largest absolute Gasteiger partial charge is 0.352 e. The van der Waals surface area contributed by atoms with Gasteiger partial charge in [0, 0.05) is 25.0 Å². The molecule has 1 aliphatic carbocycles. The Morgan fingerprint density at radius 3 is 2.71 bits per heavy atom. The van der Waals surface area contributed by atoms with Crippen molar-refractivity contribution in [3.63, 3.8) is 0 Å². The molecule has 0 bridgehead atoms. The lowest BCUT2D eigenvalue weighted by molar-refractivity contribution is -0.128. The van der Waals surface area contributed by atoms with Crippen LogP contribution in [0.3, 0.4) is 0 Å². The Morgan fingerprint density at radius 1 is 1.18 bits per heavy atom. The summed E-state index contributed by atoms with van der Waals surface area (Å²) < 4.78 is 1.76. The first kappa shape index (κ1) is 19.3. The van der Waals surface area contributed by atoms with Gasteiger partial charge in [-0.3, -0.25) is 9.59 Å². The second-order valence-electron chi connectivity index (χ2n) is 8.13. The maximum absolute atomic E-state index is 12.7. The van der Waals surface area contributed by atoms with Gasteiger partial charge in [-0.15, -0.1) is 0 Å². The van der Waals surface area contributed by atoms with Crippen LogP contribution in [0, 0.1) is 18.8 Å². The lowest BCUT2D eigenvalue weighted by atomic mass is 9.84. The molecule has 2 atom stereocenters. The fourth-order valence-corrected chi connectivity index (χ4v) is 4.73. The highest BCUT2D eigenvalue weighted by Gasteiger charge is 2.30. The van der Waals surface area contributed by atoms with Gasteiger partial charge in [0.05, 0.1) is 24.4 Å². The number of amides is 2. The van der Waals surface area contributed by atoms with Crippen molar-refractivity contribution in [2.45, 2.75) is 51.6 Å². The number of nitrogens with zero attached hydrogens (tertiary/aromatic N) is 4. The van der Waals surface area contributed by atoms with Gasteiger partial charge in [-0.2, -0.15) is 5.10 Å². The number of likely N-dealkylation sites (N-methyl/N-ethyl adjacent to an activating group) is 1. The molecule has 0 aromatic carbocycles. The van der Waals surface area contributed by atoms with Crippen molar-refractivity contribution in [1.82, 2.24) is 30.1 Å². The van der Waals surface area contributed by atoms with Gasteiger partial charge in [0.25, 0.3) is 0 Å². The van der Waals surface area contributed by atoms with Crippen LogP contribution in [0.5, 0.6) is 0 Å². The van der Waals surface area contributed by atoms with Crippen LogP contribution >= 0.6 is 11.3 Å². The van der Waals surface area contributed by atoms with Crippen LogP contribution < -0.4 is 10.6 Å². The van der Waals surface area contributed by atoms with Crippen molar-refractivity contribution < 1.29 is 9.59 Å². The fraction of sp³-hybridized carbons (Fsp3) is 0.684. The number of imidazole rings is 1. The highest BCUT2D eigenvalue weighted by Crippen LogP contribution is 2.27. The van der Waals surface area contributed by atoms with Gasteiger partial charge in [0.1, 0.15) is 5.01 Å². The van der Waals surface area contributed by atoms with E-state index < -0.39 is 0 Å². The third-order valence-electron chi connectivity index (χ3n) is 5.76. The minimum absolute atomic E-state index is 0.0540. The smallest absolute Gasteiger partial charge is 0.224 e. The van der Waals surface area contributed by atoms with Crippen LogP contribution in [-0.2, 0) is 16.1 Å². The third kappa shape index (κ3) is 4.35. The second kappa shape index (κ2) is 8.16. The molecule has 1 saturated carbocycles. The Morgan fingerprint density at radius 2 is 2.00 bits per heavy atom. The zero-order chi connectivity index (χ0) is 19.7. The van der Waals surface area contributed by atoms with Gasteiger partial charge in [0.15, 0.2) is 0 Å². The van der Waals surface area contributed by atoms with Gasteiger partial charge >= 0.3 is 0 Å². The maximum atomic E-state index is 12.7. The van der Waals surface area contributed by atoms with Crippen molar-refractivity contribution >= 4 is 28.1 Å². The van der Waals surface area contributed by atoms with Crippen LogP contribution in [0.25, 0.3) is 4.96 Å². The van der Waals surface area contributed by atoms with E-state index in [1.54, 1.807) is 4.52 Å². The molecule has 1 saturated heterocycles. The molecule has 0 unspecified atom stereocenters. The molecule has 152 valence electrons. The van der Waals surface area contributed by atoms with Gasteiger partial charge in [0.2, 0.25) is 16.8 Å². The molecule has 2 N–H and O–H groups in total. The highest BCUT2D eigenvalue weighted by molar-refractivity contribution is 7.16. The number of aryl methyl sites for hydroxylation is 1. The van der Waals surface area contributed by atoms with Crippen molar-refractivity contribution in [2.75, 3.05) is 20.1 Å². The summed E-state index contributed by atoms with van der Waals surface area (Å²) >= 11 is 1.54. The molecular weight excluding hydrogens is 376 g/mol. The van der Waals surface area contributed by atoms with E-state index in [0.717, 1.165) is 54.3 Å². The number of carbonyl (C=O) groups is 2. The Balaban J connectivity index is 1.28. The van der Waals surface area contributed by atoms with Crippen LogP contribution in [0.1, 0.15) is 42.8 Å². The van der Waals surface area contributed by atoms with E-state index in [4.69, 9.17) is 0 Å². The van der Waals surface area contributed by atoms with E-state index in [1.165, 1.54) is 11.3 Å². The quantitative estimate of drug-likeness (QED) is 0.785. The van der Waals surface area contributed by atoms with Crippen LogP contribution in [0.2, 0.25) is 0 Å². The summed E-state index contributed by atoms with van der Waals surface area (Å²) in [5, 5.41) is 11.5. The first-order valence-corrected chi connectivity index (χ1v) is 10.9. The van der Waals surface area contributed by atoms with Crippen molar-refractivity contribution in [3.05, 3.63) is 16.9 Å². The lowest BCUT2D eigenvalue weighted by Gasteiger charge is -2.28. The van der Waals surface area contributed by atoms with Crippen LogP contribution in [0.4, 0.5) is 0 Å². The summed E-state index contributed by atoms with van der Waals surface area (Å²) in [5.41, 5.74) is 0.819. The molecule has 0 spiro atoms. The van der Waals surface area contributed by atoms with E-state index in [0.29, 0.717) is 13.1 Å². The highest BCUT2D eigenvalue weighted by atomic mass is 32.1. The Hall–Kier alpha value is -2.00. The molecule has 2 fully saturated rings. The van der Waals surface area contributed by atoms with E-state index in [9.17, 15) is 9.59 Å². The molecule has 1 aliphatic heterocycles. The molecular formula is C19H28N6O2S. The summed E-state index contributed by atoms with van der Waals surface area (Å²) in [6.07, 6.45) is 6.68. The summed E-state index contributed by atoms with van der Waals surface area (Å²) in [6.45, 7) is 3.87. The summed E-state index contributed by atoms with van der Waals surface area (Å²) in [6, 6.07) is 0.130. The van der Waals surface area contributed by atoms with Crippen molar-refractivity contribution in [2.24, 2.45) is 11.8 Å². The van der Waals surface area contributed by atoms with E-state index in [2.05, 4.69) is 25.6 Å². The van der Waals surface area contributed by atoms with E-state index in [-0.39, 0.29) is 29.7 Å². The first-order chi connectivity index (χ1) is 13.5. The summed E-state index contributed by atoms with van der Waals surface area (Å²) in [7, 11) is 2.02. The lowest BCUT2D eigenvalue weighted by Crippen LogP contribution is -2.45. The summed E-state index contributed by atoms with van der Waals surface area (Å²) in [4.78, 5) is 32.4. The normalized spacial score (nSPS) is 23.9. The number of nitrogens with one attached hydrogen (secondary N) is 2.